The lowest BCUT2D eigenvalue weighted by Crippen LogP contribution is -2.38. The summed E-state index contributed by atoms with van der Waals surface area (Å²) in [5.74, 6) is 0.174. The van der Waals surface area contributed by atoms with Gasteiger partial charge in [-0.3, -0.25) is 9.59 Å². The van der Waals surface area contributed by atoms with Crippen LogP contribution >= 0.6 is 0 Å². The number of para-hydroxylation sites is 1. The van der Waals surface area contributed by atoms with E-state index in [1.54, 1.807) is 32.4 Å². The van der Waals surface area contributed by atoms with Crippen LogP contribution in [-0.4, -0.2) is 25.9 Å². The lowest BCUT2D eigenvalue weighted by atomic mass is 9.73. The molecule has 1 aliphatic heterocycles. The van der Waals surface area contributed by atoms with E-state index in [-0.39, 0.29) is 35.8 Å². The Hall–Kier alpha value is -3.15. The minimum absolute atomic E-state index is 0.00421. The quantitative estimate of drug-likeness (QED) is 0.854. The molecule has 0 radical (unpaired) electrons. The number of carbonyl (C=O) groups is 2. The van der Waals surface area contributed by atoms with Crippen molar-refractivity contribution in [3.8, 4) is 11.5 Å². The maximum atomic E-state index is 13.3. The zero-order valence-corrected chi connectivity index (χ0v) is 16.3. The van der Waals surface area contributed by atoms with Crippen molar-refractivity contribution in [3.63, 3.8) is 0 Å². The monoisotopic (exact) mass is 395 g/mol. The summed E-state index contributed by atoms with van der Waals surface area (Å²) in [6, 6.07) is 11.7. The van der Waals surface area contributed by atoms with Gasteiger partial charge in [-0.05, 0) is 36.1 Å². The fraction of sp³-hybridized carbons (Fsp3) is 0.304. The van der Waals surface area contributed by atoms with E-state index in [9.17, 15) is 14.0 Å². The average molecular weight is 395 g/mol. The molecule has 1 amide bonds. The fourth-order valence-corrected chi connectivity index (χ4v) is 4.38. The number of benzene rings is 2. The third-order valence-corrected chi connectivity index (χ3v) is 5.69. The third-order valence-electron chi connectivity index (χ3n) is 5.69. The number of halogens is 1. The van der Waals surface area contributed by atoms with Crippen molar-refractivity contribution in [2.75, 3.05) is 14.2 Å². The van der Waals surface area contributed by atoms with Gasteiger partial charge in [-0.15, -0.1) is 0 Å². The van der Waals surface area contributed by atoms with Gasteiger partial charge in [0.1, 0.15) is 5.82 Å². The van der Waals surface area contributed by atoms with Crippen LogP contribution in [-0.2, 0) is 9.59 Å². The summed E-state index contributed by atoms with van der Waals surface area (Å²) in [5, 5.41) is 2.90. The zero-order chi connectivity index (χ0) is 20.5. The van der Waals surface area contributed by atoms with Crippen LogP contribution in [0.5, 0.6) is 11.5 Å². The van der Waals surface area contributed by atoms with E-state index in [4.69, 9.17) is 9.47 Å². The van der Waals surface area contributed by atoms with E-state index in [0.29, 0.717) is 35.6 Å². The Kier molecular flexibility index (Phi) is 5.09. The molecule has 150 valence electrons. The molecule has 6 heteroatoms. The van der Waals surface area contributed by atoms with Gasteiger partial charge in [-0.2, -0.15) is 0 Å². The predicted octanol–water partition coefficient (Wildman–Crippen LogP) is 3.85. The van der Waals surface area contributed by atoms with Gasteiger partial charge in [0.15, 0.2) is 17.3 Å². The molecule has 2 aromatic rings. The highest BCUT2D eigenvalue weighted by Crippen LogP contribution is 2.46. The lowest BCUT2D eigenvalue weighted by molar-refractivity contribution is -0.122. The lowest BCUT2D eigenvalue weighted by Gasteiger charge is -2.35. The van der Waals surface area contributed by atoms with E-state index in [2.05, 4.69) is 5.32 Å². The topological polar surface area (TPSA) is 64.6 Å². The highest BCUT2D eigenvalue weighted by molar-refractivity contribution is 6.02. The van der Waals surface area contributed by atoms with Crippen molar-refractivity contribution in [1.82, 2.24) is 5.32 Å². The first-order valence-corrected chi connectivity index (χ1v) is 9.54. The molecule has 29 heavy (non-hydrogen) atoms. The molecule has 2 aromatic carbocycles. The fourth-order valence-electron chi connectivity index (χ4n) is 4.38. The number of nitrogens with one attached hydrogen (secondary N) is 1. The first-order valence-electron chi connectivity index (χ1n) is 9.54. The van der Waals surface area contributed by atoms with Crippen molar-refractivity contribution in [1.29, 1.82) is 0 Å². The SMILES string of the molecule is COc1cccc([C@@H]2CC(=O)NC3=C2C(=O)C[C@@H](c2ccc(F)cc2)C3)c1OC. The standard InChI is InChI=1S/C23H22FNO4/c1-28-20-5-3-4-16(23(20)29-2)17-12-21(27)25-18-10-14(11-19(26)22(17)18)13-6-8-15(24)9-7-13/h3-9,14,17H,10-12H2,1-2H3,(H,25,27)/t14-,17-/m0/s1. The van der Waals surface area contributed by atoms with Gasteiger partial charge in [0.25, 0.3) is 0 Å². The maximum absolute atomic E-state index is 13.3. The van der Waals surface area contributed by atoms with Gasteiger partial charge in [0, 0.05) is 35.6 Å². The Bertz CT molecular complexity index is 996. The van der Waals surface area contributed by atoms with E-state index >= 15 is 0 Å². The van der Waals surface area contributed by atoms with Crippen LogP contribution < -0.4 is 14.8 Å². The molecule has 0 fully saturated rings. The summed E-state index contributed by atoms with van der Waals surface area (Å²) < 4.78 is 24.2. The van der Waals surface area contributed by atoms with Gasteiger partial charge in [0.05, 0.1) is 14.2 Å². The molecule has 0 aromatic heterocycles. The molecule has 0 saturated carbocycles. The van der Waals surface area contributed by atoms with E-state index < -0.39 is 0 Å². The molecule has 4 rings (SSSR count). The molecular formula is C23H22FNO4. The van der Waals surface area contributed by atoms with Crippen molar-refractivity contribution in [3.05, 3.63) is 70.7 Å². The molecule has 1 N–H and O–H groups in total. The number of carbonyl (C=O) groups excluding carboxylic acids is 2. The van der Waals surface area contributed by atoms with E-state index in [1.165, 1.54) is 12.1 Å². The van der Waals surface area contributed by atoms with Crippen LogP contribution in [0.25, 0.3) is 0 Å². The number of Topliss-reactive ketones (excluding diaryl/α,β-unsaturated/α-hetero) is 1. The number of hydrogen-bond donors (Lipinski definition) is 1. The Balaban J connectivity index is 1.75. The number of amides is 1. The van der Waals surface area contributed by atoms with Gasteiger partial charge in [-0.1, -0.05) is 24.3 Å². The number of allylic oxidation sites excluding steroid dienone is 2. The van der Waals surface area contributed by atoms with E-state index in [0.717, 1.165) is 11.1 Å². The van der Waals surface area contributed by atoms with Crippen molar-refractivity contribution >= 4 is 11.7 Å². The van der Waals surface area contributed by atoms with Crippen LogP contribution in [0.1, 0.15) is 42.2 Å². The number of hydrogen-bond acceptors (Lipinski definition) is 4. The first kappa shape index (κ1) is 19.2. The predicted molar refractivity (Wildman–Crippen MR) is 105 cm³/mol. The summed E-state index contributed by atoms with van der Waals surface area (Å²) >= 11 is 0. The van der Waals surface area contributed by atoms with Crippen LogP contribution in [0.15, 0.2) is 53.7 Å². The summed E-state index contributed by atoms with van der Waals surface area (Å²) in [5.41, 5.74) is 2.95. The average Bonchev–Trinajstić information content (AvgIpc) is 2.72. The summed E-state index contributed by atoms with van der Waals surface area (Å²) in [4.78, 5) is 25.6. The normalized spacial score (nSPS) is 21.5. The van der Waals surface area contributed by atoms with Crippen LogP contribution in [0, 0.1) is 5.82 Å². The van der Waals surface area contributed by atoms with Gasteiger partial charge < -0.3 is 14.8 Å². The second-order valence-electron chi connectivity index (χ2n) is 7.36. The van der Waals surface area contributed by atoms with Crippen molar-refractivity contribution in [2.24, 2.45) is 0 Å². The molecule has 0 bridgehead atoms. The van der Waals surface area contributed by atoms with Crippen LogP contribution in [0.3, 0.4) is 0 Å². The van der Waals surface area contributed by atoms with Crippen molar-refractivity contribution < 1.29 is 23.5 Å². The number of ketones is 1. The Morgan fingerprint density at radius 1 is 0.966 bits per heavy atom. The largest absolute Gasteiger partial charge is 0.493 e. The summed E-state index contributed by atoms with van der Waals surface area (Å²) in [6.07, 6.45) is 1.03. The van der Waals surface area contributed by atoms with Gasteiger partial charge in [-0.25, -0.2) is 4.39 Å². The molecule has 2 atom stereocenters. The second kappa shape index (κ2) is 7.70. The number of rotatable bonds is 4. The summed E-state index contributed by atoms with van der Waals surface area (Å²) in [6.45, 7) is 0. The first-order chi connectivity index (χ1) is 14.0. The van der Waals surface area contributed by atoms with E-state index in [1.807, 2.05) is 12.1 Å². The van der Waals surface area contributed by atoms with Crippen molar-refractivity contribution in [2.45, 2.75) is 31.1 Å². The second-order valence-corrected chi connectivity index (χ2v) is 7.36. The Morgan fingerprint density at radius 2 is 1.72 bits per heavy atom. The molecule has 2 aliphatic rings. The summed E-state index contributed by atoms with van der Waals surface area (Å²) in [7, 11) is 3.10. The molecule has 0 spiro atoms. The maximum Gasteiger partial charge on any atom is 0.225 e. The van der Waals surface area contributed by atoms with Gasteiger partial charge >= 0.3 is 0 Å². The third kappa shape index (κ3) is 3.50. The minimum atomic E-state index is -0.384. The Morgan fingerprint density at radius 3 is 2.41 bits per heavy atom. The smallest absolute Gasteiger partial charge is 0.225 e. The number of ether oxygens (including phenoxy) is 2. The zero-order valence-electron chi connectivity index (χ0n) is 16.3. The van der Waals surface area contributed by atoms with Crippen LogP contribution in [0.2, 0.25) is 0 Å². The van der Waals surface area contributed by atoms with Gasteiger partial charge in [0.2, 0.25) is 5.91 Å². The highest BCUT2D eigenvalue weighted by Gasteiger charge is 2.39. The molecule has 1 aliphatic carbocycles. The highest BCUT2D eigenvalue weighted by atomic mass is 19.1. The molecule has 1 heterocycles. The molecule has 0 saturated heterocycles. The Labute approximate surface area is 168 Å². The molecule has 0 unspecified atom stereocenters. The van der Waals surface area contributed by atoms with Crippen LogP contribution in [0.4, 0.5) is 4.39 Å². The number of methoxy groups -OCH3 is 2. The molecular weight excluding hydrogens is 373 g/mol. The molecule has 5 nitrogen and oxygen atoms in total. The minimum Gasteiger partial charge on any atom is -0.493 e.